The molecule has 27 heavy (non-hydrogen) atoms. The van der Waals surface area contributed by atoms with Gasteiger partial charge in [0.1, 0.15) is 11.6 Å². The van der Waals surface area contributed by atoms with Crippen LogP contribution in [-0.4, -0.2) is 27.7 Å². The second kappa shape index (κ2) is 7.63. The zero-order valence-corrected chi connectivity index (χ0v) is 15.7. The van der Waals surface area contributed by atoms with Gasteiger partial charge in [-0.2, -0.15) is 5.10 Å². The van der Waals surface area contributed by atoms with E-state index in [-0.39, 0.29) is 5.91 Å². The van der Waals surface area contributed by atoms with Crippen LogP contribution in [0.25, 0.3) is 0 Å². The fourth-order valence-corrected chi connectivity index (χ4v) is 2.71. The molecule has 0 aliphatic heterocycles. The highest BCUT2D eigenvalue weighted by Gasteiger charge is 2.14. The molecule has 0 unspecified atom stereocenters. The van der Waals surface area contributed by atoms with Gasteiger partial charge in [-0.05, 0) is 25.1 Å². The number of anilines is 4. The largest absolute Gasteiger partial charge is 0.355 e. The van der Waals surface area contributed by atoms with Crippen LogP contribution in [0.5, 0.6) is 0 Å². The van der Waals surface area contributed by atoms with Gasteiger partial charge in [0, 0.05) is 26.4 Å². The SMILES string of the molecule is CNC(=O)c1ccc(F)cc1Nc1cc(Nc2cn(C)nc2C)ncc1Cl. The third kappa shape index (κ3) is 4.17. The van der Waals surface area contributed by atoms with Crippen LogP contribution in [0, 0.1) is 12.7 Å². The molecule has 1 aromatic carbocycles. The Morgan fingerprint density at radius 2 is 1.96 bits per heavy atom. The predicted molar refractivity (Wildman–Crippen MR) is 104 cm³/mol. The standard InChI is InChI=1S/C18H18ClFN6O/c1-10-16(9-26(3)25-10)24-17-7-15(13(19)8-22-17)23-14-6-11(20)4-5-12(14)18(27)21-2/h4-9H,1-3H3,(H,21,27)(H2,22,23,24). The lowest BCUT2D eigenvalue weighted by molar-refractivity contribution is 0.0964. The summed E-state index contributed by atoms with van der Waals surface area (Å²) in [5.74, 6) is -0.289. The number of hydrogen-bond donors (Lipinski definition) is 3. The zero-order valence-electron chi connectivity index (χ0n) is 15.0. The summed E-state index contributed by atoms with van der Waals surface area (Å²) < 4.78 is 15.4. The van der Waals surface area contributed by atoms with Crippen molar-refractivity contribution in [1.82, 2.24) is 20.1 Å². The number of carbonyl (C=O) groups is 1. The Hall–Kier alpha value is -3.13. The number of aryl methyl sites for hydroxylation is 2. The quantitative estimate of drug-likeness (QED) is 0.619. The highest BCUT2D eigenvalue weighted by Crippen LogP contribution is 2.30. The minimum Gasteiger partial charge on any atom is -0.355 e. The van der Waals surface area contributed by atoms with Crippen LogP contribution in [0.2, 0.25) is 5.02 Å². The molecule has 0 aliphatic rings. The summed E-state index contributed by atoms with van der Waals surface area (Å²) in [6.45, 7) is 1.87. The maximum absolute atomic E-state index is 13.7. The van der Waals surface area contributed by atoms with E-state index in [9.17, 15) is 9.18 Å². The molecule has 1 amide bonds. The van der Waals surface area contributed by atoms with Crippen molar-refractivity contribution in [3.63, 3.8) is 0 Å². The van der Waals surface area contributed by atoms with Crippen LogP contribution in [0.1, 0.15) is 16.1 Å². The van der Waals surface area contributed by atoms with E-state index in [1.165, 1.54) is 31.4 Å². The predicted octanol–water partition coefficient (Wildman–Crippen LogP) is 3.76. The molecule has 0 radical (unpaired) electrons. The minimum absolute atomic E-state index is 0.296. The molecule has 9 heteroatoms. The van der Waals surface area contributed by atoms with Crippen LogP contribution in [0.4, 0.5) is 27.3 Å². The molecular formula is C18H18ClFN6O. The van der Waals surface area contributed by atoms with E-state index in [1.54, 1.807) is 10.7 Å². The molecule has 0 saturated heterocycles. The average Bonchev–Trinajstić information content (AvgIpc) is 2.94. The van der Waals surface area contributed by atoms with Gasteiger partial charge in [0.2, 0.25) is 0 Å². The van der Waals surface area contributed by atoms with Crippen molar-refractivity contribution >= 4 is 40.4 Å². The number of nitrogens with one attached hydrogen (secondary N) is 3. The minimum atomic E-state index is -0.473. The molecule has 2 heterocycles. The lowest BCUT2D eigenvalue weighted by atomic mass is 10.1. The van der Waals surface area contributed by atoms with Crippen LogP contribution in [0.3, 0.4) is 0 Å². The van der Waals surface area contributed by atoms with Gasteiger partial charge in [0.25, 0.3) is 5.91 Å². The van der Waals surface area contributed by atoms with E-state index in [0.29, 0.717) is 27.8 Å². The van der Waals surface area contributed by atoms with Crippen molar-refractivity contribution in [2.75, 3.05) is 17.7 Å². The summed E-state index contributed by atoms with van der Waals surface area (Å²) in [6, 6.07) is 5.54. The fourth-order valence-electron chi connectivity index (χ4n) is 2.56. The van der Waals surface area contributed by atoms with Gasteiger partial charge >= 0.3 is 0 Å². The lowest BCUT2D eigenvalue weighted by Gasteiger charge is -2.14. The van der Waals surface area contributed by atoms with Gasteiger partial charge in [-0.1, -0.05) is 11.6 Å². The van der Waals surface area contributed by atoms with Crippen molar-refractivity contribution in [3.8, 4) is 0 Å². The Labute approximate surface area is 160 Å². The Bertz CT molecular complexity index is 1000. The van der Waals surface area contributed by atoms with Gasteiger partial charge in [-0.25, -0.2) is 9.37 Å². The maximum atomic E-state index is 13.7. The third-order valence-electron chi connectivity index (χ3n) is 3.85. The van der Waals surface area contributed by atoms with Gasteiger partial charge in [0.15, 0.2) is 0 Å². The maximum Gasteiger partial charge on any atom is 0.253 e. The number of amides is 1. The van der Waals surface area contributed by atoms with E-state index in [0.717, 1.165) is 11.4 Å². The summed E-state index contributed by atoms with van der Waals surface area (Å²) in [6.07, 6.45) is 3.30. The molecule has 3 aromatic rings. The first-order valence-corrected chi connectivity index (χ1v) is 8.46. The summed E-state index contributed by atoms with van der Waals surface area (Å²) >= 11 is 6.23. The van der Waals surface area contributed by atoms with E-state index in [2.05, 4.69) is 26.0 Å². The highest BCUT2D eigenvalue weighted by molar-refractivity contribution is 6.33. The molecule has 0 bridgehead atoms. The first kappa shape index (κ1) is 18.7. The van der Waals surface area contributed by atoms with Gasteiger partial charge in [0.05, 0.1) is 39.5 Å². The molecule has 0 saturated carbocycles. The molecule has 0 aliphatic carbocycles. The monoisotopic (exact) mass is 388 g/mol. The van der Waals surface area contributed by atoms with Gasteiger partial charge < -0.3 is 16.0 Å². The first-order chi connectivity index (χ1) is 12.9. The Balaban J connectivity index is 1.93. The van der Waals surface area contributed by atoms with E-state index in [4.69, 9.17) is 11.6 Å². The molecule has 0 spiro atoms. The first-order valence-electron chi connectivity index (χ1n) is 8.09. The molecule has 2 aromatic heterocycles. The average molecular weight is 389 g/mol. The molecule has 3 rings (SSSR count). The second-order valence-electron chi connectivity index (χ2n) is 5.87. The van der Waals surface area contributed by atoms with Crippen molar-refractivity contribution in [1.29, 1.82) is 0 Å². The van der Waals surface area contributed by atoms with Crippen molar-refractivity contribution in [2.45, 2.75) is 6.92 Å². The van der Waals surface area contributed by atoms with Crippen LogP contribution in [0.15, 0.2) is 36.7 Å². The number of rotatable bonds is 5. The topological polar surface area (TPSA) is 83.9 Å². The number of nitrogens with zero attached hydrogens (tertiary/aromatic N) is 3. The van der Waals surface area contributed by atoms with Crippen LogP contribution >= 0.6 is 11.6 Å². The number of pyridine rings is 1. The van der Waals surface area contributed by atoms with E-state index < -0.39 is 5.82 Å². The molecule has 0 fully saturated rings. The molecule has 3 N–H and O–H groups in total. The summed E-state index contributed by atoms with van der Waals surface area (Å²) in [7, 11) is 3.33. The molecule has 140 valence electrons. The summed E-state index contributed by atoms with van der Waals surface area (Å²) in [4.78, 5) is 16.3. The van der Waals surface area contributed by atoms with Crippen LogP contribution < -0.4 is 16.0 Å². The molecule has 0 atom stereocenters. The van der Waals surface area contributed by atoms with Crippen LogP contribution in [-0.2, 0) is 7.05 Å². The second-order valence-corrected chi connectivity index (χ2v) is 6.28. The fraction of sp³-hybridized carbons (Fsp3) is 0.167. The lowest BCUT2D eigenvalue weighted by Crippen LogP contribution is -2.19. The smallest absolute Gasteiger partial charge is 0.253 e. The Kier molecular flexibility index (Phi) is 5.27. The zero-order chi connectivity index (χ0) is 19.6. The number of halogens is 2. The van der Waals surface area contributed by atoms with Gasteiger partial charge in [-0.15, -0.1) is 0 Å². The van der Waals surface area contributed by atoms with Crippen molar-refractivity contribution < 1.29 is 9.18 Å². The Morgan fingerprint density at radius 3 is 2.63 bits per heavy atom. The molecular weight excluding hydrogens is 371 g/mol. The summed E-state index contributed by atoms with van der Waals surface area (Å²) in [5, 5.41) is 13.3. The van der Waals surface area contributed by atoms with Gasteiger partial charge in [-0.3, -0.25) is 9.48 Å². The van der Waals surface area contributed by atoms with Crippen molar-refractivity contribution in [2.24, 2.45) is 7.05 Å². The normalized spacial score (nSPS) is 10.6. The third-order valence-corrected chi connectivity index (χ3v) is 4.16. The molecule has 7 nitrogen and oxygen atoms in total. The van der Waals surface area contributed by atoms with Crippen molar-refractivity contribution in [3.05, 3.63) is 58.8 Å². The number of carbonyl (C=O) groups excluding carboxylic acids is 1. The number of benzene rings is 1. The van der Waals surface area contributed by atoms with E-state index in [1.807, 2.05) is 20.2 Å². The number of aromatic nitrogens is 3. The number of hydrogen-bond acceptors (Lipinski definition) is 5. The highest BCUT2D eigenvalue weighted by atomic mass is 35.5. The summed E-state index contributed by atoms with van der Waals surface area (Å²) in [5.41, 5.74) is 2.69. The Morgan fingerprint density at radius 1 is 1.19 bits per heavy atom. The van der Waals surface area contributed by atoms with E-state index >= 15 is 0 Å².